The van der Waals surface area contributed by atoms with Gasteiger partial charge in [-0.2, -0.15) is 0 Å². The molecule has 7 heteroatoms. The van der Waals surface area contributed by atoms with Crippen molar-refractivity contribution >= 4 is 28.8 Å². The SMILES string of the molecule is O=C(CO)c1cnc(CC2(c3ccccc3)CCN(C(=S)Nc3ccccc3)CC2)nc1. The van der Waals surface area contributed by atoms with Gasteiger partial charge in [-0.3, -0.25) is 4.79 Å². The molecule has 6 nitrogen and oxygen atoms in total. The molecule has 2 heterocycles. The number of hydrogen-bond acceptors (Lipinski definition) is 5. The number of carbonyl (C=O) groups excluding carboxylic acids is 1. The molecule has 2 N–H and O–H groups in total. The monoisotopic (exact) mass is 446 g/mol. The summed E-state index contributed by atoms with van der Waals surface area (Å²) in [7, 11) is 0. The lowest BCUT2D eigenvalue weighted by Gasteiger charge is -2.43. The average Bonchev–Trinajstić information content (AvgIpc) is 2.85. The number of para-hydroxylation sites is 1. The number of benzene rings is 2. The largest absolute Gasteiger partial charge is 0.388 e. The van der Waals surface area contributed by atoms with Crippen LogP contribution in [0.5, 0.6) is 0 Å². The zero-order valence-electron chi connectivity index (χ0n) is 17.8. The van der Waals surface area contributed by atoms with Gasteiger partial charge in [0, 0.05) is 43.0 Å². The number of thiocarbonyl (C=S) groups is 1. The summed E-state index contributed by atoms with van der Waals surface area (Å²) in [5.74, 6) is 0.323. The number of anilines is 1. The Morgan fingerprint density at radius 2 is 1.59 bits per heavy atom. The van der Waals surface area contributed by atoms with Crippen LogP contribution < -0.4 is 5.32 Å². The maximum Gasteiger partial charge on any atom is 0.191 e. The van der Waals surface area contributed by atoms with E-state index in [0.717, 1.165) is 36.7 Å². The van der Waals surface area contributed by atoms with Crippen molar-refractivity contribution in [1.82, 2.24) is 14.9 Å². The van der Waals surface area contributed by atoms with Gasteiger partial charge >= 0.3 is 0 Å². The first kappa shape index (κ1) is 22.0. The number of nitrogens with one attached hydrogen (secondary N) is 1. The van der Waals surface area contributed by atoms with Crippen LogP contribution in [0, 0.1) is 0 Å². The van der Waals surface area contributed by atoms with Crippen LogP contribution in [0.3, 0.4) is 0 Å². The topological polar surface area (TPSA) is 78.3 Å². The van der Waals surface area contributed by atoms with Gasteiger partial charge in [-0.05, 0) is 42.8 Å². The minimum atomic E-state index is -0.538. The normalized spacial score (nSPS) is 15.2. The van der Waals surface area contributed by atoms with Gasteiger partial charge in [0.2, 0.25) is 0 Å². The third-order valence-corrected chi connectivity index (χ3v) is 6.45. The number of aliphatic hydroxyl groups excluding tert-OH is 1. The third-order valence-electron chi connectivity index (χ3n) is 6.09. The van der Waals surface area contributed by atoms with Crippen LogP contribution in [-0.2, 0) is 11.8 Å². The molecule has 4 rings (SSSR count). The second-order valence-electron chi connectivity index (χ2n) is 8.08. The lowest BCUT2D eigenvalue weighted by atomic mass is 9.70. The summed E-state index contributed by atoms with van der Waals surface area (Å²) < 4.78 is 0. The number of nitrogens with zero attached hydrogens (tertiary/aromatic N) is 3. The van der Waals surface area contributed by atoms with Crippen molar-refractivity contribution in [2.24, 2.45) is 0 Å². The maximum atomic E-state index is 11.7. The highest BCUT2D eigenvalue weighted by atomic mass is 32.1. The summed E-state index contributed by atoms with van der Waals surface area (Å²) in [6, 6.07) is 20.5. The van der Waals surface area contributed by atoms with E-state index in [2.05, 4.69) is 44.5 Å². The summed E-state index contributed by atoms with van der Waals surface area (Å²) in [6.07, 6.45) is 5.52. The van der Waals surface area contributed by atoms with Crippen molar-refractivity contribution in [1.29, 1.82) is 0 Å². The fourth-order valence-electron chi connectivity index (χ4n) is 4.21. The van der Waals surface area contributed by atoms with Crippen LogP contribution in [0.2, 0.25) is 0 Å². The molecule has 1 aliphatic heterocycles. The molecule has 32 heavy (non-hydrogen) atoms. The first-order valence-corrected chi connectivity index (χ1v) is 11.1. The van der Waals surface area contributed by atoms with Gasteiger partial charge in [0.25, 0.3) is 0 Å². The van der Waals surface area contributed by atoms with E-state index in [1.54, 1.807) is 0 Å². The summed E-state index contributed by atoms with van der Waals surface area (Å²) in [5.41, 5.74) is 2.48. The van der Waals surface area contributed by atoms with E-state index < -0.39 is 6.61 Å². The first-order valence-electron chi connectivity index (χ1n) is 10.7. The number of Topliss-reactive ketones (excluding diaryl/α,β-unsaturated/α-hetero) is 1. The molecule has 0 saturated carbocycles. The molecule has 0 bridgehead atoms. The van der Waals surface area contributed by atoms with Crippen molar-refractivity contribution < 1.29 is 9.90 Å². The van der Waals surface area contributed by atoms with E-state index >= 15 is 0 Å². The number of piperidine rings is 1. The number of rotatable bonds is 6. The molecular weight excluding hydrogens is 420 g/mol. The lowest BCUT2D eigenvalue weighted by molar-refractivity contribution is 0.0903. The second-order valence-corrected chi connectivity index (χ2v) is 8.46. The fraction of sp³-hybridized carbons (Fsp3) is 0.280. The minimum absolute atomic E-state index is 0.109. The number of carbonyl (C=O) groups is 1. The Morgan fingerprint density at radius 3 is 2.19 bits per heavy atom. The molecule has 164 valence electrons. The molecule has 0 radical (unpaired) electrons. The van der Waals surface area contributed by atoms with Crippen molar-refractivity contribution in [2.45, 2.75) is 24.7 Å². The van der Waals surface area contributed by atoms with E-state index in [0.29, 0.717) is 17.8 Å². The highest BCUT2D eigenvalue weighted by molar-refractivity contribution is 7.80. The molecular formula is C25H26N4O2S. The van der Waals surface area contributed by atoms with E-state index in [4.69, 9.17) is 17.3 Å². The number of ketones is 1. The second kappa shape index (κ2) is 9.97. The summed E-state index contributed by atoms with van der Waals surface area (Å²) in [5, 5.41) is 13.1. The molecule has 0 unspecified atom stereocenters. The molecule has 1 aromatic heterocycles. The van der Waals surface area contributed by atoms with Gasteiger partial charge in [-0.1, -0.05) is 48.5 Å². The molecule has 0 spiro atoms. The molecule has 2 aromatic carbocycles. The zero-order valence-corrected chi connectivity index (χ0v) is 18.6. The Hall–Kier alpha value is -3.16. The van der Waals surface area contributed by atoms with Crippen LogP contribution in [-0.4, -0.2) is 50.6 Å². The van der Waals surface area contributed by atoms with Crippen molar-refractivity contribution in [3.63, 3.8) is 0 Å². The molecule has 0 amide bonds. The number of aliphatic hydroxyl groups is 1. The lowest BCUT2D eigenvalue weighted by Crippen LogP contribution is -2.47. The molecule has 3 aromatic rings. The number of likely N-dealkylation sites (tertiary alicyclic amines) is 1. The molecule has 1 aliphatic rings. The van der Waals surface area contributed by atoms with Gasteiger partial charge in [0.05, 0.1) is 5.56 Å². The number of hydrogen-bond donors (Lipinski definition) is 2. The van der Waals surface area contributed by atoms with Crippen LogP contribution in [0.1, 0.15) is 34.6 Å². The first-order chi connectivity index (χ1) is 15.6. The Kier molecular flexibility index (Phi) is 6.87. The zero-order chi connectivity index (χ0) is 22.4. The van der Waals surface area contributed by atoms with Gasteiger partial charge in [0.15, 0.2) is 10.9 Å². The van der Waals surface area contributed by atoms with Gasteiger partial charge in [0.1, 0.15) is 12.4 Å². The Bertz CT molecular complexity index is 1050. The van der Waals surface area contributed by atoms with E-state index in [9.17, 15) is 4.79 Å². The van der Waals surface area contributed by atoms with Crippen molar-refractivity contribution in [3.05, 3.63) is 90.0 Å². The quantitative estimate of drug-likeness (QED) is 0.442. The molecule has 0 atom stereocenters. The average molecular weight is 447 g/mol. The maximum absolute atomic E-state index is 11.7. The molecule has 0 aliphatic carbocycles. The highest BCUT2D eigenvalue weighted by Crippen LogP contribution is 2.38. The highest BCUT2D eigenvalue weighted by Gasteiger charge is 2.37. The molecule has 1 fully saturated rings. The standard InChI is InChI=1S/C25H26N4O2S/c30-18-22(31)19-16-26-23(27-17-19)15-25(20-7-3-1-4-8-20)11-13-29(14-12-25)24(32)28-21-9-5-2-6-10-21/h1-10,16-17,30H,11-15,18H2,(H,28,32). The van der Waals surface area contributed by atoms with Gasteiger partial charge < -0.3 is 15.3 Å². The summed E-state index contributed by atoms with van der Waals surface area (Å²) in [6.45, 7) is 1.12. The Labute approximate surface area is 193 Å². The predicted octanol–water partition coefficient (Wildman–Crippen LogP) is 3.62. The summed E-state index contributed by atoms with van der Waals surface area (Å²) >= 11 is 5.67. The van der Waals surface area contributed by atoms with Crippen LogP contribution in [0.25, 0.3) is 0 Å². The van der Waals surface area contributed by atoms with E-state index in [1.807, 2.05) is 36.4 Å². The van der Waals surface area contributed by atoms with Gasteiger partial charge in [-0.15, -0.1) is 0 Å². The van der Waals surface area contributed by atoms with Crippen molar-refractivity contribution in [3.8, 4) is 0 Å². The minimum Gasteiger partial charge on any atom is -0.388 e. The van der Waals surface area contributed by atoms with Crippen molar-refractivity contribution in [2.75, 3.05) is 25.0 Å². The van der Waals surface area contributed by atoms with E-state index in [-0.39, 0.29) is 11.2 Å². The van der Waals surface area contributed by atoms with Crippen LogP contribution in [0.4, 0.5) is 5.69 Å². The Morgan fingerprint density at radius 1 is 1.00 bits per heavy atom. The van der Waals surface area contributed by atoms with Gasteiger partial charge in [-0.25, -0.2) is 9.97 Å². The predicted molar refractivity (Wildman–Crippen MR) is 129 cm³/mol. The number of aromatic nitrogens is 2. The fourth-order valence-corrected chi connectivity index (χ4v) is 4.51. The van der Waals surface area contributed by atoms with Crippen LogP contribution in [0.15, 0.2) is 73.1 Å². The smallest absolute Gasteiger partial charge is 0.191 e. The van der Waals surface area contributed by atoms with Crippen LogP contribution >= 0.6 is 12.2 Å². The Balaban J connectivity index is 1.50. The third kappa shape index (κ3) is 5.00. The molecule has 1 saturated heterocycles. The van der Waals surface area contributed by atoms with E-state index in [1.165, 1.54) is 18.0 Å². The summed E-state index contributed by atoms with van der Waals surface area (Å²) in [4.78, 5) is 22.7.